The standard InChI is InChI=1S/C12H10O/c13-12-8-6-11(7-9-12)10-4-2-1-3-5-10/h1-9,13H/i1+1,2+1,3+1,4+1,5+1,10+1. The molecule has 0 heterocycles. The van der Waals surface area contributed by atoms with Crippen molar-refractivity contribution in [3.8, 4) is 16.9 Å². The highest BCUT2D eigenvalue weighted by molar-refractivity contribution is 5.63. The number of hydrogen-bond donors (Lipinski definition) is 1. The fourth-order valence-electron chi connectivity index (χ4n) is 1.28. The predicted octanol–water partition coefficient (Wildman–Crippen LogP) is 3.06. The van der Waals surface area contributed by atoms with Crippen LogP contribution in [0.1, 0.15) is 0 Å². The zero-order valence-electron chi connectivity index (χ0n) is 7.14. The highest BCUT2D eigenvalue weighted by atomic mass is 16.3. The highest BCUT2D eigenvalue weighted by Gasteiger charge is 1.94. The van der Waals surface area contributed by atoms with E-state index < -0.39 is 0 Å². The summed E-state index contributed by atoms with van der Waals surface area (Å²) in [5.41, 5.74) is 2.29. The van der Waals surface area contributed by atoms with Crippen molar-refractivity contribution >= 4 is 0 Å². The summed E-state index contributed by atoms with van der Waals surface area (Å²) >= 11 is 0. The Balaban J connectivity index is 2.42. The van der Waals surface area contributed by atoms with Gasteiger partial charge in [-0.1, -0.05) is 42.5 Å². The minimum atomic E-state index is 0.305. The molecule has 0 saturated heterocycles. The first kappa shape index (κ1) is 7.87. The topological polar surface area (TPSA) is 20.2 Å². The van der Waals surface area contributed by atoms with Crippen LogP contribution in [0.4, 0.5) is 0 Å². The summed E-state index contributed by atoms with van der Waals surface area (Å²) in [5.74, 6) is 0.305. The SMILES string of the molecule is Oc1ccc(-[13c]2[13cH][13cH][13cH][13cH][13cH]2)cc1. The van der Waals surface area contributed by atoms with Gasteiger partial charge in [0.15, 0.2) is 0 Å². The molecule has 0 radical (unpaired) electrons. The molecule has 0 aliphatic heterocycles. The number of phenols is 1. The van der Waals surface area contributed by atoms with Gasteiger partial charge in [-0.05, 0) is 23.3 Å². The maximum Gasteiger partial charge on any atom is 0.115 e. The van der Waals surface area contributed by atoms with E-state index >= 15 is 0 Å². The highest BCUT2D eigenvalue weighted by Crippen LogP contribution is 2.20. The van der Waals surface area contributed by atoms with E-state index in [1.54, 1.807) is 12.1 Å². The van der Waals surface area contributed by atoms with Gasteiger partial charge in [-0.15, -0.1) is 0 Å². The second-order valence-corrected chi connectivity index (χ2v) is 2.91. The number of phenolic OH excluding ortho intramolecular Hbond substituents is 1. The maximum absolute atomic E-state index is 9.10. The predicted molar refractivity (Wildman–Crippen MR) is 53.5 cm³/mol. The lowest BCUT2D eigenvalue weighted by Crippen LogP contribution is -1.74. The average Bonchev–Trinajstić information content (AvgIpc) is 2.20. The first-order valence-corrected chi connectivity index (χ1v) is 4.21. The fourth-order valence-corrected chi connectivity index (χ4v) is 1.28. The van der Waals surface area contributed by atoms with Gasteiger partial charge in [0.2, 0.25) is 0 Å². The minimum absolute atomic E-state index is 0.305. The number of benzene rings is 2. The van der Waals surface area contributed by atoms with E-state index in [1.807, 2.05) is 42.5 Å². The van der Waals surface area contributed by atoms with Crippen molar-refractivity contribution in [2.75, 3.05) is 0 Å². The Bertz CT molecular complexity index is 376. The molecule has 1 heteroatoms. The van der Waals surface area contributed by atoms with Crippen LogP contribution < -0.4 is 0 Å². The molecule has 0 bridgehead atoms. The third-order valence-electron chi connectivity index (χ3n) is 1.97. The smallest absolute Gasteiger partial charge is 0.115 e. The fraction of sp³-hybridized carbons (Fsp3) is 0. The molecule has 2 aromatic carbocycles. The van der Waals surface area contributed by atoms with Crippen LogP contribution in [-0.4, -0.2) is 5.11 Å². The zero-order valence-corrected chi connectivity index (χ0v) is 7.14. The molecule has 0 aromatic heterocycles. The maximum atomic E-state index is 9.10. The van der Waals surface area contributed by atoms with E-state index in [2.05, 4.69) is 0 Å². The van der Waals surface area contributed by atoms with E-state index in [4.69, 9.17) is 5.11 Å². The van der Waals surface area contributed by atoms with Crippen LogP contribution in [0.5, 0.6) is 5.75 Å². The van der Waals surface area contributed by atoms with E-state index in [9.17, 15) is 0 Å². The van der Waals surface area contributed by atoms with Crippen molar-refractivity contribution in [1.82, 2.24) is 0 Å². The summed E-state index contributed by atoms with van der Waals surface area (Å²) in [6.07, 6.45) is 0. The second kappa shape index (κ2) is 3.31. The normalized spacial score (nSPS) is 9.85. The van der Waals surface area contributed by atoms with E-state index in [0.717, 1.165) is 5.56 Å². The molecular formula is C12H10O. The van der Waals surface area contributed by atoms with Crippen LogP contribution in [-0.2, 0) is 0 Å². The molecule has 1 N–H and O–H groups in total. The Morgan fingerprint density at radius 3 is 1.77 bits per heavy atom. The van der Waals surface area contributed by atoms with Gasteiger partial charge < -0.3 is 5.11 Å². The van der Waals surface area contributed by atoms with Gasteiger partial charge >= 0.3 is 0 Å². The first-order valence-electron chi connectivity index (χ1n) is 4.21. The molecule has 2 aromatic rings. The van der Waals surface area contributed by atoms with Crippen molar-refractivity contribution < 1.29 is 5.11 Å². The van der Waals surface area contributed by atoms with Crippen LogP contribution in [0, 0.1) is 0 Å². The Kier molecular flexibility index (Phi) is 2.01. The molecular weight excluding hydrogens is 166 g/mol. The largest absolute Gasteiger partial charge is 0.508 e. The molecule has 0 aliphatic rings. The Morgan fingerprint density at radius 2 is 1.15 bits per heavy atom. The first-order chi connectivity index (χ1) is 6.36. The second-order valence-electron chi connectivity index (χ2n) is 2.91. The molecule has 0 fully saturated rings. The molecule has 0 aliphatic carbocycles. The van der Waals surface area contributed by atoms with Gasteiger partial charge in [-0.2, -0.15) is 0 Å². The third-order valence-corrected chi connectivity index (χ3v) is 1.97. The minimum Gasteiger partial charge on any atom is -0.508 e. The lowest BCUT2D eigenvalue weighted by Gasteiger charge is -2.00. The van der Waals surface area contributed by atoms with E-state index in [-0.39, 0.29) is 0 Å². The zero-order chi connectivity index (χ0) is 9.10. The summed E-state index contributed by atoms with van der Waals surface area (Å²) in [6.45, 7) is 0. The lowest BCUT2D eigenvalue weighted by atomic mass is 10.3. The molecule has 0 atom stereocenters. The summed E-state index contributed by atoms with van der Waals surface area (Å²) in [4.78, 5) is 0. The van der Waals surface area contributed by atoms with Gasteiger partial charge in [0.1, 0.15) is 5.75 Å². The summed E-state index contributed by atoms with van der Waals surface area (Å²) < 4.78 is 0. The quantitative estimate of drug-likeness (QED) is 0.707. The van der Waals surface area contributed by atoms with E-state index in [0.29, 0.717) is 5.75 Å². The van der Waals surface area contributed by atoms with Crippen molar-refractivity contribution in [3.05, 3.63) is 54.6 Å². The molecule has 0 amide bonds. The van der Waals surface area contributed by atoms with Gasteiger partial charge in [-0.3, -0.25) is 0 Å². The van der Waals surface area contributed by atoms with Crippen molar-refractivity contribution in [1.29, 1.82) is 0 Å². The van der Waals surface area contributed by atoms with Crippen molar-refractivity contribution in [3.63, 3.8) is 0 Å². The Hall–Kier alpha value is -1.76. The Morgan fingerprint density at radius 1 is 0.615 bits per heavy atom. The van der Waals surface area contributed by atoms with E-state index in [1.165, 1.54) is 5.56 Å². The summed E-state index contributed by atoms with van der Waals surface area (Å²) in [5, 5.41) is 9.10. The van der Waals surface area contributed by atoms with Crippen molar-refractivity contribution in [2.24, 2.45) is 0 Å². The summed E-state index contributed by atoms with van der Waals surface area (Å²) in [6, 6.07) is 17.3. The number of aromatic hydroxyl groups is 1. The van der Waals surface area contributed by atoms with Crippen LogP contribution in [0.15, 0.2) is 54.6 Å². The molecule has 13 heavy (non-hydrogen) atoms. The van der Waals surface area contributed by atoms with Gasteiger partial charge in [-0.25, -0.2) is 0 Å². The van der Waals surface area contributed by atoms with Crippen molar-refractivity contribution in [2.45, 2.75) is 0 Å². The molecule has 2 rings (SSSR count). The molecule has 0 spiro atoms. The van der Waals surface area contributed by atoms with Crippen LogP contribution in [0.3, 0.4) is 0 Å². The molecule has 1 nitrogen and oxygen atoms in total. The van der Waals surface area contributed by atoms with Gasteiger partial charge in [0.05, 0.1) is 0 Å². The van der Waals surface area contributed by atoms with Gasteiger partial charge in [0.25, 0.3) is 0 Å². The Labute approximate surface area is 77.3 Å². The average molecular weight is 176 g/mol. The van der Waals surface area contributed by atoms with Crippen LogP contribution in [0.25, 0.3) is 11.1 Å². The van der Waals surface area contributed by atoms with Gasteiger partial charge in [0, 0.05) is 0 Å². The van der Waals surface area contributed by atoms with Crippen LogP contribution in [0.2, 0.25) is 0 Å². The van der Waals surface area contributed by atoms with Crippen LogP contribution >= 0.6 is 0 Å². The monoisotopic (exact) mass is 176 g/mol. The molecule has 0 saturated carbocycles. The summed E-state index contributed by atoms with van der Waals surface area (Å²) in [7, 11) is 0. The lowest BCUT2D eigenvalue weighted by molar-refractivity contribution is 0.475. The number of hydrogen-bond acceptors (Lipinski definition) is 1. The number of rotatable bonds is 1. The third kappa shape index (κ3) is 1.70. The molecule has 0 unspecified atom stereocenters. The molecule has 64 valence electrons.